The van der Waals surface area contributed by atoms with Gasteiger partial charge < -0.3 is 11.1 Å². The molecule has 0 aliphatic rings. The summed E-state index contributed by atoms with van der Waals surface area (Å²) in [6.45, 7) is 0.296. The lowest BCUT2D eigenvalue weighted by atomic mass is 10.2. The number of nitrogens with zero attached hydrogens (tertiary/aromatic N) is 2. The molecule has 1 aromatic carbocycles. The molecule has 1 aromatic heterocycles. The summed E-state index contributed by atoms with van der Waals surface area (Å²) in [6.07, 6.45) is 1.69. The van der Waals surface area contributed by atoms with E-state index in [1.165, 1.54) is 18.4 Å². The summed E-state index contributed by atoms with van der Waals surface area (Å²) in [5.74, 6) is 0.0143. The number of nitrogens with two attached hydrogens (primary N) is 1. The Hall–Kier alpha value is -1.80. The van der Waals surface area contributed by atoms with Crippen LogP contribution in [0.2, 0.25) is 0 Å². The molecule has 104 valence electrons. The van der Waals surface area contributed by atoms with E-state index in [4.69, 9.17) is 5.73 Å². The first-order valence-electron chi connectivity index (χ1n) is 5.77. The van der Waals surface area contributed by atoms with Crippen LogP contribution in [0.3, 0.4) is 0 Å². The van der Waals surface area contributed by atoms with Crippen molar-refractivity contribution in [2.24, 2.45) is 0 Å². The summed E-state index contributed by atoms with van der Waals surface area (Å²) in [6, 6.07) is 3.61. The van der Waals surface area contributed by atoms with Crippen molar-refractivity contribution in [1.29, 1.82) is 0 Å². The van der Waals surface area contributed by atoms with E-state index in [1.807, 2.05) is 6.07 Å². The molecule has 1 heterocycles. The monoisotopic (exact) mass is 283 g/mol. The van der Waals surface area contributed by atoms with E-state index < -0.39 is 10.0 Å². The maximum atomic E-state index is 11.6. The molecule has 0 saturated carbocycles. The molecule has 0 unspecified atom stereocenters. The van der Waals surface area contributed by atoms with Crippen molar-refractivity contribution in [2.45, 2.75) is 0 Å². The van der Waals surface area contributed by atoms with Crippen LogP contribution in [0.4, 0.5) is 11.4 Å². The maximum absolute atomic E-state index is 11.6. The van der Waals surface area contributed by atoms with Gasteiger partial charge in [0.05, 0.1) is 28.8 Å². The summed E-state index contributed by atoms with van der Waals surface area (Å²) in [5.41, 5.74) is 8.01. The number of rotatable bonds is 5. The second-order valence-electron chi connectivity index (χ2n) is 4.42. The number of aromatic nitrogens is 2. The summed E-state index contributed by atoms with van der Waals surface area (Å²) < 4.78 is 24.4. The van der Waals surface area contributed by atoms with Crippen LogP contribution in [0.25, 0.3) is 10.9 Å². The third kappa shape index (κ3) is 2.96. The van der Waals surface area contributed by atoms with Crippen molar-refractivity contribution in [1.82, 2.24) is 14.5 Å². The predicted octanol–water partition coefficient (Wildman–Crippen LogP) is 0.448. The largest absolute Gasteiger partial charge is 0.397 e. The van der Waals surface area contributed by atoms with E-state index in [0.717, 1.165) is 10.9 Å². The summed E-state index contributed by atoms with van der Waals surface area (Å²) in [7, 11) is -0.175. The van der Waals surface area contributed by atoms with Gasteiger partial charge in [0.2, 0.25) is 10.0 Å². The minimum Gasteiger partial charge on any atom is -0.397 e. The van der Waals surface area contributed by atoms with Gasteiger partial charge in [-0.3, -0.25) is 5.10 Å². The van der Waals surface area contributed by atoms with Gasteiger partial charge in [-0.15, -0.1) is 0 Å². The van der Waals surface area contributed by atoms with Crippen LogP contribution in [0.5, 0.6) is 0 Å². The van der Waals surface area contributed by atoms with Crippen molar-refractivity contribution < 1.29 is 8.42 Å². The molecule has 0 aliphatic carbocycles. The number of hydrogen-bond donors (Lipinski definition) is 3. The van der Waals surface area contributed by atoms with Crippen molar-refractivity contribution in [3.63, 3.8) is 0 Å². The molecule has 0 amide bonds. The first kappa shape index (κ1) is 13.6. The highest BCUT2D eigenvalue weighted by molar-refractivity contribution is 7.89. The van der Waals surface area contributed by atoms with Crippen LogP contribution in [0.1, 0.15) is 0 Å². The molecular formula is C11H17N5O2S. The number of aromatic amines is 1. The Morgan fingerprint density at radius 1 is 1.42 bits per heavy atom. The molecular weight excluding hydrogens is 266 g/mol. The van der Waals surface area contributed by atoms with Crippen LogP contribution < -0.4 is 11.1 Å². The Morgan fingerprint density at radius 3 is 2.84 bits per heavy atom. The lowest BCUT2D eigenvalue weighted by molar-refractivity contribution is 0.521. The predicted molar refractivity (Wildman–Crippen MR) is 76.5 cm³/mol. The fourth-order valence-electron chi connectivity index (χ4n) is 1.66. The molecule has 2 rings (SSSR count). The van der Waals surface area contributed by atoms with Crippen LogP contribution in [0.15, 0.2) is 18.3 Å². The Labute approximate surface area is 111 Å². The first-order valence-corrected chi connectivity index (χ1v) is 7.38. The van der Waals surface area contributed by atoms with Crippen LogP contribution in [0, 0.1) is 0 Å². The van der Waals surface area contributed by atoms with Crippen molar-refractivity contribution >= 4 is 32.3 Å². The standard InChI is InChI=1S/C11H17N5O2S/c1-16(2)19(17,18)4-3-13-11-6-10-8(5-9(11)12)7-14-15-10/h5-7,13H,3-4,12H2,1-2H3,(H,14,15). The van der Waals surface area contributed by atoms with E-state index in [1.54, 1.807) is 12.3 Å². The molecule has 7 nitrogen and oxygen atoms in total. The number of sulfonamides is 1. The van der Waals surface area contributed by atoms with Crippen LogP contribution in [-0.4, -0.2) is 49.3 Å². The molecule has 0 atom stereocenters. The summed E-state index contributed by atoms with van der Waals surface area (Å²) >= 11 is 0. The Kier molecular flexibility index (Phi) is 3.63. The zero-order valence-electron chi connectivity index (χ0n) is 10.8. The highest BCUT2D eigenvalue weighted by atomic mass is 32.2. The van der Waals surface area contributed by atoms with Gasteiger partial charge in [0.15, 0.2) is 0 Å². The second-order valence-corrected chi connectivity index (χ2v) is 6.72. The topological polar surface area (TPSA) is 104 Å². The molecule has 4 N–H and O–H groups in total. The number of nitrogen functional groups attached to an aromatic ring is 1. The van der Waals surface area contributed by atoms with Crippen molar-refractivity contribution in [3.05, 3.63) is 18.3 Å². The van der Waals surface area contributed by atoms with Crippen LogP contribution >= 0.6 is 0 Å². The fraction of sp³-hybridized carbons (Fsp3) is 0.364. The van der Waals surface area contributed by atoms with Gasteiger partial charge in [0.1, 0.15) is 0 Å². The minimum absolute atomic E-state index is 0.0143. The highest BCUT2D eigenvalue weighted by Gasteiger charge is 2.13. The SMILES string of the molecule is CN(C)S(=O)(=O)CCNc1cc2[nH]ncc2cc1N. The molecule has 0 saturated heterocycles. The summed E-state index contributed by atoms with van der Waals surface area (Å²) in [4.78, 5) is 0. The minimum atomic E-state index is -3.20. The second kappa shape index (κ2) is 5.06. The maximum Gasteiger partial charge on any atom is 0.215 e. The van der Waals surface area contributed by atoms with Gasteiger partial charge in [0, 0.05) is 26.0 Å². The number of nitrogens with one attached hydrogen (secondary N) is 2. The highest BCUT2D eigenvalue weighted by Crippen LogP contribution is 2.24. The van der Waals surface area contributed by atoms with Gasteiger partial charge in [-0.2, -0.15) is 5.10 Å². The number of anilines is 2. The number of hydrogen-bond acceptors (Lipinski definition) is 5. The number of H-pyrrole nitrogens is 1. The number of benzene rings is 1. The van der Waals surface area contributed by atoms with Gasteiger partial charge in [-0.25, -0.2) is 12.7 Å². The Balaban J connectivity index is 2.08. The average Bonchev–Trinajstić information content (AvgIpc) is 2.75. The molecule has 8 heteroatoms. The van der Waals surface area contributed by atoms with E-state index in [-0.39, 0.29) is 5.75 Å². The van der Waals surface area contributed by atoms with E-state index >= 15 is 0 Å². The van der Waals surface area contributed by atoms with Gasteiger partial charge in [-0.05, 0) is 12.1 Å². The quantitative estimate of drug-likeness (QED) is 0.691. The molecule has 0 radical (unpaired) electrons. The fourth-order valence-corrected chi connectivity index (χ4v) is 2.38. The zero-order valence-corrected chi connectivity index (χ0v) is 11.7. The third-order valence-electron chi connectivity index (χ3n) is 2.84. The van der Waals surface area contributed by atoms with E-state index in [0.29, 0.717) is 17.9 Å². The molecule has 0 aliphatic heterocycles. The Bertz CT molecular complexity index is 677. The lowest BCUT2D eigenvalue weighted by Gasteiger charge is -2.13. The lowest BCUT2D eigenvalue weighted by Crippen LogP contribution is -2.28. The summed E-state index contributed by atoms with van der Waals surface area (Å²) in [5, 5.41) is 10.7. The van der Waals surface area contributed by atoms with E-state index in [2.05, 4.69) is 15.5 Å². The molecule has 0 spiro atoms. The molecule has 2 aromatic rings. The normalized spacial score (nSPS) is 12.2. The molecule has 19 heavy (non-hydrogen) atoms. The van der Waals surface area contributed by atoms with Crippen molar-refractivity contribution in [3.8, 4) is 0 Å². The van der Waals surface area contributed by atoms with Gasteiger partial charge in [0.25, 0.3) is 0 Å². The Morgan fingerprint density at radius 2 is 2.16 bits per heavy atom. The van der Waals surface area contributed by atoms with Crippen LogP contribution in [-0.2, 0) is 10.0 Å². The molecule has 0 bridgehead atoms. The first-order chi connectivity index (χ1) is 8.90. The smallest absolute Gasteiger partial charge is 0.215 e. The average molecular weight is 283 g/mol. The molecule has 0 fully saturated rings. The van der Waals surface area contributed by atoms with Gasteiger partial charge >= 0.3 is 0 Å². The van der Waals surface area contributed by atoms with Crippen molar-refractivity contribution in [2.75, 3.05) is 37.4 Å². The van der Waals surface area contributed by atoms with E-state index in [9.17, 15) is 8.42 Å². The zero-order chi connectivity index (χ0) is 14.0. The third-order valence-corrected chi connectivity index (χ3v) is 4.67. The number of fused-ring (bicyclic) bond motifs is 1. The van der Waals surface area contributed by atoms with Gasteiger partial charge in [-0.1, -0.05) is 0 Å².